The van der Waals surface area contributed by atoms with E-state index in [1.165, 1.54) is 4.88 Å². The molecule has 2 N–H and O–H groups in total. The first-order valence-corrected chi connectivity index (χ1v) is 8.61. The van der Waals surface area contributed by atoms with Crippen LogP contribution in [0.25, 0.3) is 0 Å². The van der Waals surface area contributed by atoms with Crippen LogP contribution in [0, 0.1) is 12.8 Å². The molecule has 1 aliphatic heterocycles. The van der Waals surface area contributed by atoms with Crippen LogP contribution in [-0.2, 0) is 12.0 Å². The highest BCUT2D eigenvalue weighted by Gasteiger charge is 2.31. The summed E-state index contributed by atoms with van der Waals surface area (Å²) in [5.41, 5.74) is 1.25. The van der Waals surface area contributed by atoms with Crippen LogP contribution in [0.2, 0.25) is 0 Å². The van der Waals surface area contributed by atoms with E-state index in [9.17, 15) is 10.2 Å². The molecule has 0 saturated carbocycles. The van der Waals surface area contributed by atoms with Crippen molar-refractivity contribution in [2.75, 3.05) is 19.8 Å². The van der Waals surface area contributed by atoms with E-state index >= 15 is 0 Å². The summed E-state index contributed by atoms with van der Waals surface area (Å²) in [6.45, 7) is 10.8. The summed E-state index contributed by atoms with van der Waals surface area (Å²) in [5, 5.41) is 20.3. The first-order chi connectivity index (χ1) is 9.86. The Morgan fingerprint density at radius 3 is 2.52 bits per heavy atom. The second-order valence-electron chi connectivity index (χ2n) is 7.08. The minimum Gasteiger partial charge on any atom is -0.396 e. The number of hydrogen-bond acceptors (Lipinski definition) is 5. The van der Waals surface area contributed by atoms with Gasteiger partial charge in [-0.15, -0.1) is 11.3 Å². The lowest BCUT2D eigenvalue weighted by Gasteiger charge is -2.39. The lowest BCUT2D eigenvalue weighted by Crippen LogP contribution is -2.48. The number of piperidine rings is 1. The van der Waals surface area contributed by atoms with Crippen LogP contribution < -0.4 is 0 Å². The first-order valence-electron chi connectivity index (χ1n) is 7.79. The molecule has 1 aliphatic rings. The van der Waals surface area contributed by atoms with E-state index in [-0.39, 0.29) is 30.6 Å². The van der Waals surface area contributed by atoms with E-state index in [0.29, 0.717) is 0 Å². The smallest absolute Gasteiger partial charge is 0.107 e. The van der Waals surface area contributed by atoms with Gasteiger partial charge in [-0.2, -0.15) is 0 Å². The molecule has 1 fully saturated rings. The average Bonchev–Trinajstić information content (AvgIpc) is 2.79. The van der Waals surface area contributed by atoms with Gasteiger partial charge in [-0.25, -0.2) is 4.98 Å². The van der Waals surface area contributed by atoms with Crippen molar-refractivity contribution in [3.05, 3.63) is 15.6 Å². The number of aliphatic hydroxyl groups is 2. The average molecular weight is 312 g/mol. The van der Waals surface area contributed by atoms with E-state index in [0.717, 1.165) is 36.6 Å². The first kappa shape index (κ1) is 16.9. The molecule has 4 nitrogen and oxygen atoms in total. The van der Waals surface area contributed by atoms with Gasteiger partial charge in [0.1, 0.15) is 5.01 Å². The molecule has 1 saturated heterocycles. The fourth-order valence-electron chi connectivity index (χ4n) is 3.28. The summed E-state index contributed by atoms with van der Waals surface area (Å²) in [6.07, 6.45) is 2.08. The number of nitrogens with zero attached hydrogens (tertiary/aromatic N) is 2. The quantitative estimate of drug-likeness (QED) is 0.896. The molecule has 2 atom stereocenters. The Bertz CT molecular complexity index is 467. The lowest BCUT2D eigenvalue weighted by molar-refractivity contribution is 0.0161. The zero-order valence-electron chi connectivity index (χ0n) is 13.6. The highest BCUT2D eigenvalue weighted by molar-refractivity contribution is 7.11. The molecule has 0 radical (unpaired) electrons. The van der Waals surface area contributed by atoms with Crippen molar-refractivity contribution in [3.63, 3.8) is 0 Å². The molecule has 5 heteroatoms. The van der Waals surface area contributed by atoms with Crippen LogP contribution in [0.5, 0.6) is 0 Å². The number of rotatable bonds is 4. The monoisotopic (exact) mass is 312 g/mol. The van der Waals surface area contributed by atoms with Gasteiger partial charge in [0.05, 0.1) is 18.8 Å². The van der Waals surface area contributed by atoms with Gasteiger partial charge in [0.2, 0.25) is 0 Å². The summed E-state index contributed by atoms with van der Waals surface area (Å²) in [6, 6.07) is 0.0612. The summed E-state index contributed by atoms with van der Waals surface area (Å²) in [5.74, 6) is 0.187. The topological polar surface area (TPSA) is 56.6 Å². The largest absolute Gasteiger partial charge is 0.396 e. The van der Waals surface area contributed by atoms with Crippen molar-refractivity contribution in [1.82, 2.24) is 9.88 Å². The molecular weight excluding hydrogens is 284 g/mol. The Morgan fingerprint density at radius 2 is 2.00 bits per heavy atom. The number of aromatic nitrogens is 1. The van der Waals surface area contributed by atoms with Gasteiger partial charge in [-0.05, 0) is 37.6 Å². The van der Waals surface area contributed by atoms with Gasteiger partial charge in [0, 0.05) is 17.5 Å². The van der Waals surface area contributed by atoms with Crippen molar-refractivity contribution in [2.24, 2.45) is 5.92 Å². The number of likely N-dealkylation sites (tertiary alicyclic amines) is 1. The molecule has 0 bridgehead atoms. The van der Waals surface area contributed by atoms with Gasteiger partial charge in [-0.1, -0.05) is 20.8 Å². The highest BCUT2D eigenvalue weighted by atomic mass is 32.1. The van der Waals surface area contributed by atoms with Crippen LogP contribution in [-0.4, -0.2) is 45.9 Å². The Hall–Kier alpha value is -0.490. The van der Waals surface area contributed by atoms with Gasteiger partial charge in [0.25, 0.3) is 0 Å². The Balaban J connectivity index is 2.13. The normalized spacial score (nSPS) is 24.5. The molecule has 0 aromatic carbocycles. The summed E-state index contributed by atoms with van der Waals surface area (Å²) >= 11 is 1.78. The summed E-state index contributed by atoms with van der Waals surface area (Å²) in [4.78, 5) is 8.35. The number of aryl methyl sites for hydroxylation is 1. The molecule has 120 valence electrons. The van der Waals surface area contributed by atoms with Crippen molar-refractivity contribution < 1.29 is 10.2 Å². The van der Waals surface area contributed by atoms with Crippen molar-refractivity contribution in [1.29, 1.82) is 0 Å². The molecule has 0 spiro atoms. The Morgan fingerprint density at radius 1 is 1.29 bits per heavy atom. The zero-order chi connectivity index (χ0) is 15.6. The van der Waals surface area contributed by atoms with Gasteiger partial charge >= 0.3 is 0 Å². The van der Waals surface area contributed by atoms with E-state index < -0.39 is 0 Å². The van der Waals surface area contributed by atoms with Crippen LogP contribution >= 0.6 is 11.3 Å². The van der Waals surface area contributed by atoms with Crippen LogP contribution in [0.3, 0.4) is 0 Å². The van der Waals surface area contributed by atoms with Crippen LogP contribution in [0.15, 0.2) is 0 Å². The molecule has 1 aromatic heterocycles. The molecule has 1 aromatic rings. The SMILES string of the molecule is Cc1nc(CN2CCC[C@@H](CO)[C@H]2CO)sc1C(C)(C)C. The predicted octanol–water partition coefficient (Wildman–Crippen LogP) is 2.31. The van der Waals surface area contributed by atoms with E-state index in [1.807, 2.05) is 0 Å². The third-order valence-corrected chi connectivity index (χ3v) is 5.88. The molecule has 0 unspecified atom stereocenters. The van der Waals surface area contributed by atoms with Crippen molar-refractivity contribution in [2.45, 2.75) is 58.5 Å². The third kappa shape index (κ3) is 3.83. The third-order valence-electron chi connectivity index (χ3n) is 4.32. The van der Waals surface area contributed by atoms with E-state index in [2.05, 4.69) is 32.6 Å². The molecule has 21 heavy (non-hydrogen) atoms. The number of thiazole rings is 1. The Kier molecular flexibility index (Phi) is 5.41. The standard InChI is InChI=1S/C16H28N2O2S/c1-11-15(16(2,3)4)21-14(17-11)8-18-7-5-6-12(9-19)13(18)10-20/h12-13,19-20H,5-10H2,1-4H3/t12-,13+/m0/s1. The van der Waals surface area contributed by atoms with Crippen molar-refractivity contribution in [3.8, 4) is 0 Å². The maximum atomic E-state index is 9.66. The maximum absolute atomic E-state index is 9.66. The van der Waals surface area contributed by atoms with Gasteiger partial charge < -0.3 is 10.2 Å². The highest BCUT2D eigenvalue weighted by Crippen LogP contribution is 2.33. The lowest BCUT2D eigenvalue weighted by atomic mass is 9.90. The molecule has 2 rings (SSSR count). The second kappa shape index (κ2) is 6.73. The molecule has 0 amide bonds. The van der Waals surface area contributed by atoms with Gasteiger partial charge in [0.15, 0.2) is 0 Å². The second-order valence-corrected chi connectivity index (χ2v) is 8.16. The minimum atomic E-state index is 0.0612. The van der Waals surface area contributed by atoms with Crippen LogP contribution in [0.4, 0.5) is 0 Å². The van der Waals surface area contributed by atoms with E-state index in [1.54, 1.807) is 11.3 Å². The molecule has 0 aliphatic carbocycles. The number of aliphatic hydroxyl groups excluding tert-OH is 2. The zero-order valence-corrected chi connectivity index (χ0v) is 14.4. The van der Waals surface area contributed by atoms with E-state index in [4.69, 9.17) is 4.98 Å². The van der Waals surface area contributed by atoms with Crippen molar-refractivity contribution >= 4 is 11.3 Å². The molecule has 2 heterocycles. The summed E-state index contributed by atoms with van der Waals surface area (Å²) in [7, 11) is 0. The van der Waals surface area contributed by atoms with Crippen LogP contribution in [0.1, 0.15) is 49.2 Å². The fourth-order valence-corrected chi connectivity index (χ4v) is 4.42. The summed E-state index contributed by atoms with van der Waals surface area (Å²) < 4.78 is 0. The van der Waals surface area contributed by atoms with Gasteiger partial charge in [-0.3, -0.25) is 4.90 Å². The fraction of sp³-hybridized carbons (Fsp3) is 0.812. The molecular formula is C16H28N2O2S. The minimum absolute atomic E-state index is 0.0612. The predicted molar refractivity (Wildman–Crippen MR) is 86.6 cm³/mol. The number of hydrogen-bond donors (Lipinski definition) is 2. The maximum Gasteiger partial charge on any atom is 0.107 e. The Labute approximate surface area is 131 Å².